The van der Waals surface area contributed by atoms with Crippen LogP contribution in [0, 0.1) is 12.7 Å². The Balaban J connectivity index is 1.73. The highest BCUT2D eigenvalue weighted by molar-refractivity contribution is 6.30. The molecule has 0 unspecified atom stereocenters. The first kappa shape index (κ1) is 27.1. The van der Waals surface area contributed by atoms with Crippen LogP contribution in [0.25, 0.3) is 22.3 Å². The van der Waals surface area contributed by atoms with Crippen molar-refractivity contribution in [1.29, 1.82) is 0 Å². The minimum Gasteiger partial charge on any atom is -0.465 e. The molecular formula is C29H34ClFN6O2. The third-order valence-electron chi connectivity index (χ3n) is 7.20. The summed E-state index contributed by atoms with van der Waals surface area (Å²) < 4.78 is 23.1. The van der Waals surface area contributed by atoms with Gasteiger partial charge in [0.2, 0.25) is 5.95 Å². The molecule has 39 heavy (non-hydrogen) atoms. The number of anilines is 1. The zero-order valence-electron chi connectivity index (χ0n) is 22.9. The van der Waals surface area contributed by atoms with Crippen LogP contribution in [0.3, 0.4) is 0 Å². The molecule has 0 bridgehead atoms. The van der Waals surface area contributed by atoms with E-state index in [1.165, 1.54) is 19.6 Å². The average molecular weight is 553 g/mol. The molecular weight excluding hydrogens is 519 g/mol. The summed E-state index contributed by atoms with van der Waals surface area (Å²) in [5, 5.41) is 4.67. The predicted molar refractivity (Wildman–Crippen MR) is 152 cm³/mol. The minimum absolute atomic E-state index is 0.0980. The Morgan fingerprint density at radius 1 is 1.15 bits per heavy atom. The van der Waals surface area contributed by atoms with E-state index >= 15 is 0 Å². The number of fused-ring (bicyclic) bond motifs is 1. The number of aromatic nitrogens is 4. The van der Waals surface area contributed by atoms with Crippen molar-refractivity contribution in [3.05, 3.63) is 64.1 Å². The van der Waals surface area contributed by atoms with Crippen molar-refractivity contribution < 1.29 is 13.9 Å². The Morgan fingerprint density at radius 3 is 2.62 bits per heavy atom. The lowest BCUT2D eigenvalue weighted by atomic mass is 10.0. The first-order valence-electron chi connectivity index (χ1n) is 13.3. The van der Waals surface area contributed by atoms with E-state index in [9.17, 15) is 9.18 Å². The van der Waals surface area contributed by atoms with Crippen LogP contribution in [0.15, 0.2) is 36.5 Å². The highest BCUT2D eigenvalue weighted by atomic mass is 35.5. The average Bonchev–Trinajstić information content (AvgIpc) is 3.51. The summed E-state index contributed by atoms with van der Waals surface area (Å²) in [4.78, 5) is 22.4. The number of likely N-dealkylation sites (N-methyl/N-ethyl adjacent to an activating group) is 1. The van der Waals surface area contributed by atoms with Crippen molar-refractivity contribution in [2.75, 3.05) is 45.7 Å². The summed E-state index contributed by atoms with van der Waals surface area (Å²) in [5.41, 5.74) is 5.55. The van der Waals surface area contributed by atoms with Crippen molar-refractivity contribution in [3.8, 4) is 11.3 Å². The van der Waals surface area contributed by atoms with Crippen molar-refractivity contribution in [1.82, 2.24) is 24.2 Å². The Labute approximate surface area is 232 Å². The second-order valence-electron chi connectivity index (χ2n) is 10.4. The maximum absolute atomic E-state index is 13.9. The molecule has 0 N–H and O–H groups in total. The maximum atomic E-state index is 13.9. The van der Waals surface area contributed by atoms with Crippen LogP contribution in [0.1, 0.15) is 40.7 Å². The standard InChI is InChI=1S/C29H34ClFN6O2/c1-19-14-21(27-22(28(38)39-4)17-32-37(27)13-12-34(2)3)26-25(15-19)36(18-20-8-9-24(31)23(30)16-20)29(33-26)35-10-6-5-7-11-35/h8-9,14-17H,5-7,10-13,18H2,1-4H3. The van der Waals surface area contributed by atoms with Gasteiger partial charge in [-0.05, 0) is 75.7 Å². The molecule has 3 heterocycles. The summed E-state index contributed by atoms with van der Waals surface area (Å²) in [6, 6.07) is 9.01. The third-order valence-corrected chi connectivity index (χ3v) is 7.49. The highest BCUT2D eigenvalue weighted by Gasteiger charge is 2.26. The van der Waals surface area contributed by atoms with E-state index in [-0.39, 0.29) is 5.02 Å². The molecule has 0 amide bonds. The predicted octanol–water partition coefficient (Wildman–Crippen LogP) is 5.39. The normalized spacial score (nSPS) is 14.0. The van der Waals surface area contributed by atoms with E-state index in [1.807, 2.05) is 25.7 Å². The van der Waals surface area contributed by atoms with Gasteiger partial charge in [-0.25, -0.2) is 14.2 Å². The van der Waals surface area contributed by atoms with Gasteiger partial charge in [-0.1, -0.05) is 17.7 Å². The van der Waals surface area contributed by atoms with Gasteiger partial charge in [0.25, 0.3) is 0 Å². The van der Waals surface area contributed by atoms with Gasteiger partial charge >= 0.3 is 5.97 Å². The largest absolute Gasteiger partial charge is 0.465 e. The molecule has 1 fully saturated rings. The van der Waals surface area contributed by atoms with Crippen LogP contribution in [0.2, 0.25) is 5.02 Å². The SMILES string of the molecule is COC(=O)c1cnn(CCN(C)C)c1-c1cc(C)cc2c1nc(N1CCCCC1)n2Cc1ccc(F)c(Cl)c1. The van der Waals surface area contributed by atoms with Gasteiger partial charge in [-0.3, -0.25) is 4.68 Å². The van der Waals surface area contributed by atoms with Crippen molar-refractivity contribution in [3.63, 3.8) is 0 Å². The van der Waals surface area contributed by atoms with Gasteiger partial charge in [-0.2, -0.15) is 5.10 Å². The van der Waals surface area contributed by atoms with Crippen molar-refractivity contribution in [2.45, 2.75) is 39.3 Å². The van der Waals surface area contributed by atoms with Crippen LogP contribution in [-0.4, -0.2) is 71.0 Å². The summed E-state index contributed by atoms with van der Waals surface area (Å²) >= 11 is 6.14. The number of imidazole rings is 1. The number of halogens is 2. The van der Waals surface area contributed by atoms with Crippen molar-refractivity contribution >= 4 is 34.6 Å². The van der Waals surface area contributed by atoms with Gasteiger partial charge in [0.1, 0.15) is 16.9 Å². The second kappa shape index (κ2) is 11.4. The molecule has 1 aliphatic heterocycles. The number of nitrogens with zero attached hydrogens (tertiary/aromatic N) is 6. The Hall–Kier alpha value is -3.43. The summed E-state index contributed by atoms with van der Waals surface area (Å²) in [6.07, 6.45) is 4.97. The quantitative estimate of drug-likeness (QED) is 0.273. The zero-order valence-corrected chi connectivity index (χ0v) is 23.6. The topological polar surface area (TPSA) is 68.4 Å². The number of ether oxygens (including phenoxy) is 1. The fraction of sp³-hybridized carbons (Fsp3) is 0.414. The molecule has 0 atom stereocenters. The molecule has 206 valence electrons. The number of benzene rings is 2. The van der Waals surface area contributed by atoms with Gasteiger partial charge in [0.05, 0.1) is 42.6 Å². The Morgan fingerprint density at radius 2 is 1.92 bits per heavy atom. The van der Waals surface area contributed by atoms with E-state index < -0.39 is 11.8 Å². The minimum atomic E-state index is -0.438. The molecule has 0 aliphatic carbocycles. The van der Waals surface area contributed by atoms with Gasteiger partial charge in [0.15, 0.2) is 0 Å². The summed E-state index contributed by atoms with van der Waals surface area (Å²) in [5.74, 6) is -0.0185. The van der Waals surface area contributed by atoms with E-state index in [0.29, 0.717) is 24.3 Å². The lowest BCUT2D eigenvalue weighted by molar-refractivity contribution is 0.0601. The number of esters is 1. The molecule has 0 spiro atoms. The molecule has 5 rings (SSSR count). The molecule has 2 aromatic heterocycles. The zero-order chi connectivity index (χ0) is 27.7. The number of hydrogen-bond acceptors (Lipinski definition) is 6. The third kappa shape index (κ3) is 5.51. The van der Waals surface area contributed by atoms with E-state index in [4.69, 9.17) is 21.3 Å². The lowest BCUT2D eigenvalue weighted by Crippen LogP contribution is -2.32. The smallest absolute Gasteiger partial charge is 0.341 e. The molecule has 1 saturated heterocycles. The highest BCUT2D eigenvalue weighted by Crippen LogP contribution is 2.36. The van der Waals surface area contributed by atoms with Crippen LogP contribution in [0.4, 0.5) is 10.3 Å². The summed E-state index contributed by atoms with van der Waals surface area (Å²) in [7, 11) is 5.39. The monoisotopic (exact) mass is 552 g/mol. The molecule has 2 aromatic carbocycles. The first-order chi connectivity index (χ1) is 18.8. The molecule has 10 heteroatoms. The Bertz CT molecular complexity index is 1510. The van der Waals surface area contributed by atoms with Gasteiger partial charge in [-0.15, -0.1) is 0 Å². The fourth-order valence-electron chi connectivity index (χ4n) is 5.24. The number of carbonyl (C=O) groups excluding carboxylic acids is 1. The van der Waals surface area contributed by atoms with E-state index in [2.05, 4.69) is 31.6 Å². The molecule has 1 aliphatic rings. The number of rotatable bonds is 8. The fourth-order valence-corrected chi connectivity index (χ4v) is 5.44. The van der Waals surface area contributed by atoms with Crippen LogP contribution in [-0.2, 0) is 17.8 Å². The molecule has 0 saturated carbocycles. The van der Waals surface area contributed by atoms with Gasteiger partial charge < -0.3 is 19.1 Å². The first-order valence-corrected chi connectivity index (χ1v) is 13.6. The maximum Gasteiger partial charge on any atom is 0.341 e. The number of methoxy groups -OCH3 is 1. The van der Waals surface area contributed by atoms with Crippen LogP contribution >= 0.6 is 11.6 Å². The summed E-state index contributed by atoms with van der Waals surface area (Å²) in [6.45, 7) is 5.69. The van der Waals surface area contributed by atoms with Gasteiger partial charge in [0, 0.05) is 25.2 Å². The molecule has 8 nitrogen and oxygen atoms in total. The van der Waals surface area contributed by atoms with Crippen LogP contribution in [0.5, 0.6) is 0 Å². The molecule has 4 aromatic rings. The van der Waals surface area contributed by atoms with Crippen LogP contribution < -0.4 is 4.90 Å². The number of carbonyl (C=O) groups is 1. The van der Waals surface area contributed by atoms with Crippen molar-refractivity contribution in [2.24, 2.45) is 0 Å². The Kier molecular flexibility index (Phi) is 7.91. The number of aryl methyl sites for hydroxylation is 1. The lowest BCUT2D eigenvalue weighted by Gasteiger charge is -2.28. The van der Waals surface area contributed by atoms with E-state index in [0.717, 1.165) is 66.1 Å². The van der Waals surface area contributed by atoms with E-state index in [1.54, 1.807) is 18.3 Å². The number of piperidine rings is 1. The number of hydrogen-bond donors (Lipinski definition) is 0. The second-order valence-corrected chi connectivity index (χ2v) is 10.8. The molecule has 0 radical (unpaired) electrons.